The molecule has 29 heavy (non-hydrogen) atoms. The van der Waals surface area contributed by atoms with Crippen molar-refractivity contribution in [3.63, 3.8) is 0 Å². The first-order valence-corrected chi connectivity index (χ1v) is 11.0. The molecule has 2 aromatic heterocycles. The maximum Gasteiger partial charge on any atom is 0.276 e. The topological polar surface area (TPSA) is 111 Å². The number of aromatic nitrogens is 2. The molecule has 1 atom stereocenters. The molecule has 0 saturated carbocycles. The smallest absolute Gasteiger partial charge is 0.276 e. The van der Waals surface area contributed by atoms with Crippen molar-refractivity contribution in [2.75, 3.05) is 11.1 Å². The number of rotatable bonds is 8. The minimum Gasteiger partial charge on any atom is -0.411 e. The van der Waals surface area contributed by atoms with Crippen molar-refractivity contribution in [2.24, 2.45) is 5.73 Å². The Kier molecular flexibility index (Phi) is 8.88. The quantitative estimate of drug-likeness (QED) is 0.391. The summed E-state index contributed by atoms with van der Waals surface area (Å²) in [6, 6.07) is 9.95. The molecule has 3 aromatic rings. The van der Waals surface area contributed by atoms with Crippen molar-refractivity contribution in [1.82, 2.24) is 10.2 Å². The highest BCUT2D eigenvalue weighted by atomic mass is 32.2. The van der Waals surface area contributed by atoms with E-state index in [0.29, 0.717) is 34.0 Å². The van der Waals surface area contributed by atoms with Gasteiger partial charge in [-0.05, 0) is 47.2 Å². The van der Waals surface area contributed by atoms with Gasteiger partial charge in [-0.3, -0.25) is 9.59 Å². The Morgan fingerprint density at radius 1 is 1.28 bits per heavy atom. The van der Waals surface area contributed by atoms with Crippen molar-refractivity contribution in [3.8, 4) is 11.5 Å². The number of thiophene rings is 1. The van der Waals surface area contributed by atoms with Gasteiger partial charge in [0.2, 0.25) is 12.3 Å². The summed E-state index contributed by atoms with van der Waals surface area (Å²) >= 11 is 2.82. The number of thioether (sulfide) groups is 1. The Morgan fingerprint density at radius 3 is 2.59 bits per heavy atom. The van der Waals surface area contributed by atoms with Gasteiger partial charge in [-0.1, -0.05) is 44.7 Å². The van der Waals surface area contributed by atoms with Crippen LogP contribution in [0.2, 0.25) is 0 Å². The average Bonchev–Trinajstić information content (AvgIpc) is 3.38. The molecule has 0 aliphatic heterocycles. The third kappa shape index (κ3) is 6.43. The normalized spacial score (nSPS) is 11.3. The highest BCUT2D eigenvalue weighted by Gasteiger charge is 2.09. The zero-order valence-corrected chi connectivity index (χ0v) is 18.2. The first-order valence-electron chi connectivity index (χ1n) is 9.14. The largest absolute Gasteiger partial charge is 0.411 e. The van der Waals surface area contributed by atoms with Crippen LogP contribution in [0.15, 0.2) is 45.4 Å². The van der Waals surface area contributed by atoms with Crippen molar-refractivity contribution >= 4 is 40.4 Å². The molecule has 3 N–H and O–H groups in total. The van der Waals surface area contributed by atoms with Crippen LogP contribution in [0.3, 0.4) is 0 Å². The standard InChI is InChI=1S/C14H18N2OS.C6H6N2O2S/c1-4-10(3)11-6-8-12(9-7-11)13-15-16-14(17-13)18-5-2;7-5(10)4-1-2-11-6(4)8-3-9/h6-10H,4-5H2,1-3H3;1-3H,(H2,7,10)(H,8,9). The maximum atomic E-state index is 10.6. The third-order valence-electron chi connectivity index (χ3n) is 4.13. The molecule has 9 heteroatoms. The molecule has 0 aliphatic rings. The lowest BCUT2D eigenvalue weighted by Gasteiger charge is -2.08. The molecule has 0 spiro atoms. The highest BCUT2D eigenvalue weighted by Crippen LogP contribution is 2.25. The number of carbonyl (C=O) groups is 2. The minimum absolute atomic E-state index is 0.349. The molecule has 1 aromatic carbocycles. The van der Waals surface area contributed by atoms with Crippen LogP contribution in [0.1, 0.15) is 49.0 Å². The predicted octanol–water partition coefficient (Wildman–Crippen LogP) is 4.78. The molecule has 0 radical (unpaired) electrons. The molecule has 2 amide bonds. The Labute approximate surface area is 178 Å². The fourth-order valence-electron chi connectivity index (χ4n) is 2.37. The number of nitrogens with one attached hydrogen (secondary N) is 1. The maximum absolute atomic E-state index is 10.6. The van der Waals surface area contributed by atoms with Gasteiger partial charge in [-0.15, -0.1) is 21.5 Å². The highest BCUT2D eigenvalue weighted by molar-refractivity contribution is 7.99. The Bertz CT molecular complexity index is 922. The predicted molar refractivity (Wildman–Crippen MR) is 117 cm³/mol. The van der Waals surface area contributed by atoms with Crippen molar-refractivity contribution in [3.05, 3.63) is 46.8 Å². The molecule has 0 bridgehead atoms. The number of primary amides is 1. The van der Waals surface area contributed by atoms with Crippen LogP contribution in [-0.4, -0.2) is 28.3 Å². The summed E-state index contributed by atoms with van der Waals surface area (Å²) in [6.07, 6.45) is 1.66. The number of amides is 2. The number of nitrogens with zero attached hydrogens (tertiary/aromatic N) is 2. The number of hydrogen-bond donors (Lipinski definition) is 2. The van der Waals surface area contributed by atoms with Gasteiger partial charge in [0.05, 0.1) is 5.56 Å². The van der Waals surface area contributed by atoms with Crippen molar-refractivity contribution < 1.29 is 14.0 Å². The van der Waals surface area contributed by atoms with E-state index in [4.69, 9.17) is 10.2 Å². The fraction of sp³-hybridized carbons (Fsp3) is 0.300. The van der Waals surface area contributed by atoms with E-state index >= 15 is 0 Å². The number of carbonyl (C=O) groups excluding carboxylic acids is 2. The van der Waals surface area contributed by atoms with E-state index in [1.165, 1.54) is 16.9 Å². The molecule has 3 rings (SSSR count). The van der Waals surface area contributed by atoms with Crippen molar-refractivity contribution in [2.45, 2.75) is 38.3 Å². The van der Waals surface area contributed by atoms with Crippen LogP contribution in [-0.2, 0) is 4.79 Å². The van der Waals surface area contributed by atoms with Crippen molar-refractivity contribution in [1.29, 1.82) is 0 Å². The number of anilines is 1. The SMILES string of the molecule is CCSc1nnc(-c2ccc(C(C)CC)cc2)o1.NC(=O)c1ccsc1NC=O. The zero-order valence-electron chi connectivity index (χ0n) is 16.5. The summed E-state index contributed by atoms with van der Waals surface area (Å²) in [5, 5.41) is 13.3. The lowest BCUT2D eigenvalue weighted by Crippen LogP contribution is -2.11. The Hall–Kier alpha value is -2.65. The van der Waals surface area contributed by atoms with Crippen LogP contribution in [0.25, 0.3) is 11.5 Å². The fourth-order valence-corrected chi connectivity index (χ4v) is 3.60. The molecule has 0 saturated heterocycles. The average molecular weight is 433 g/mol. The number of benzene rings is 1. The summed E-state index contributed by atoms with van der Waals surface area (Å²) in [4.78, 5) is 20.6. The van der Waals surface area contributed by atoms with Gasteiger partial charge in [0.15, 0.2) is 0 Å². The molecule has 0 fully saturated rings. The summed E-state index contributed by atoms with van der Waals surface area (Å²) in [7, 11) is 0. The summed E-state index contributed by atoms with van der Waals surface area (Å²) in [6.45, 7) is 6.50. The minimum atomic E-state index is -0.532. The van der Waals surface area contributed by atoms with Gasteiger partial charge in [-0.25, -0.2) is 0 Å². The van der Waals surface area contributed by atoms with E-state index in [0.717, 1.165) is 17.7 Å². The lowest BCUT2D eigenvalue weighted by atomic mass is 9.98. The van der Waals surface area contributed by atoms with Gasteiger partial charge in [-0.2, -0.15) is 0 Å². The summed E-state index contributed by atoms with van der Waals surface area (Å²) in [5.41, 5.74) is 7.68. The van der Waals surface area contributed by atoms with E-state index in [2.05, 4.69) is 60.6 Å². The molecule has 154 valence electrons. The van der Waals surface area contributed by atoms with Crippen LogP contribution in [0.4, 0.5) is 5.00 Å². The first kappa shape index (κ1) is 22.6. The Morgan fingerprint density at radius 2 is 2.00 bits per heavy atom. The second kappa shape index (κ2) is 11.4. The zero-order chi connectivity index (χ0) is 21.2. The Balaban J connectivity index is 0.000000234. The van der Waals surface area contributed by atoms with E-state index in [9.17, 15) is 9.59 Å². The second-order valence-corrected chi connectivity index (χ2v) is 8.16. The third-order valence-corrected chi connectivity index (χ3v) is 5.68. The van der Waals surface area contributed by atoms with Crippen LogP contribution in [0.5, 0.6) is 0 Å². The van der Waals surface area contributed by atoms with Crippen LogP contribution >= 0.6 is 23.1 Å². The molecule has 2 heterocycles. The van der Waals surface area contributed by atoms with E-state index in [1.807, 2.05) is 0 Å². The molecular formula is C20H24N4O3S2. The summed E-state index contributed by atoms with van der Waals surface area (Å²) in [5.74, 6) is 1.60. The number of hydrogen-bond acceptors (Lipinski definition) is 7. The second-order valence-electron chi connectivity index (χ2n) is 6.03. The van der Waals surface area contributed by atoms with Gasteiger partial charge < -0.3 is 15.5 Å². The molecular weight excluding hydrogens is 408 g/mol. The van der Waals surface area contributed by atoms with E-state index < -0.39 is 5.91 Å². The van der Waals surface area contributed by atoms with Gasteiger partial charge in [0.25, 0.3) is 11.1 Å². The number of nitrogens with two attached hydrogens (primary N) is 1. The van der Waals surface area contributed by atoms with Crippen LogP contribution in [0, 0.1) is 0 Å². The van der Waals surface area contributed by atoms with E-state index in [1.54, 1.807) is 23.2 Å². The first-order chi connectivity index (χ1) is 14.0. The lowest BCUT2D eigenvalue weighted by molar-refractivity contribution is -0.105. The van der Waals surface area contributed by atoms with Gasteiger partial charge >= 0.3 is 0 Å². The molecule has 7 nitrogen and oxygen atoms in total. The van der Waals surface area contributed by atoms with Gasteiger partial charge in [0.1, 0.15) is 5.00 Å². The van der Waals surface area contributed by atoms with Crippen LogP contribution < -0.4 is 11.1 Å². The molecule has 1 unspecified atom stereocenters. The monoisotopic (exact) mass is 432 g/mol. The van der Waals surface area contributed by atoms with E-state index in [-0.39, 0.29) is 0 Å². The summed E-state index contributed by atoms with van der Waals surface area (Å²) < 4.78 is 5.58. The molecule has 0 aliphatic carbocycles. The van der Waals surface area contributed by atoms with Gasteiger partial charge in [0, 0.05) is 5.56 Å².